The normalized spacial score (nSPS) is 24.5. The van der Waals surface area contributed by atoms with Gasteiger partial charge in [-0.2, -0.15) is 0 Å². The van der Waals surface area contributed by atoms with Gasteiger partial charge in [-0.15, -0.1) is 12.4 Å². The molecular weight excluding hydrogens is 260 g/mol. The van der Waals surface area contributed by atoms with Crippen LogP contribution in [0.2, 0.25) is 0 Å². The Morgan fingerprint density at radius 1 is 1.16 bits per heavy atom. The quantitative estimate of drug-likeness (QED) is 0.881. The smallest absolute Gasteiger partial charge is 0.307 e. The first-order valence-corrected chi connectivity index (χ1v) is 6.49. The van der Waals surface area contributed by atoms with Crippen molar-refractivity contribution in [2.45, 2.75) is 46.0 Å². The van der Waals surface area contributed by atoms with E-state index < -0.39 is 5.97 Å². The Labute approximate surface area is 121 Å². The number of hydrogen-bond acceptors (Lipinski definition) is 1. The largest absolute Gasteiger partial charge is 0.481 e. The average Bonchev–Trinajstić information content (AvgIpc) is 2.80. The lowest BCUT2D eigenvalue weighted by atomic mass is 9.86. The molecule has 1 aliphatic carbocycles. The number of benzene rings is 1. The summed E-state index contributed by atoms with van der Waals surface area (Å²) in [6, 6.07) is 8.44. The molecular formula is C16H23ClO2. The number of rotatable bonds is 2. The molecule has 19 heavy (non-hydrogen) atoms. The standard InChI is InChI=1S/C16H22O2.ClH/c1-15(2,3)11-8-6-10(7-9-11)12-13(14(17)18)16(12,4)5;/h6-9,12-13H,1-5H3,(H,17,18);1H. The second kappa shape index (κ2) is 4.82. The Hall–Kier alpha value is -1.02. The van der Waals surface area contributed by atoms with Gasteiger partial charge >= 0.3 is 5.97 Å². The Bertz CT molecular complexity index is 469. The first-order chi connectivity index (χ1) is 8.15. The lowest BCUT2D eigenvalue weighted by Gasteiger charge is -2.19. The fourth-order valence-corrected chi connectivity index (χ4v) is 2.91. The van der Waals surface area contributed by atoms with E-state index in [0.717, 1.165) is 5.56 Å². The van der Waals surface area contributed by atoms with Gasteiger partial charge in [0.05, 0.1) is 5.92 Å². The number of aliphatic carboxylic acids is 1. The summed E-state index contributed by atoms with van der Waals surface area (Å²) >= 11 is 0. The van der Waals surface area contributed by atoms with Gasteiger partial charge in [0, 0.05) is 5.92 Å². The molecule has 0 bridgehead atoms. The predicted molar refractivity (Wildman–Crippen MR) is 80.0 cm³/mol. The third-order valence-corrected chi connectivity index (χ3v) is 4.23. The minimum atomic E-state index is -0.676. The van der Waals surface area contributed by atoms with E-state index >= 15 is 0 Å². The summed E-state index contributed by atoms with van der Waals surface area (Å²) in [6.45, 7) is 10.6. The van der Waals surface area contributed by atoms with Gasteiger partial charge in [0.1, 0.15) is 0 Å². The second-order valence-electron chi connectivity index (χ2n) is 6.99. The molecule has 0 heterocycles. The molecule has 106 valence electrons. The van der Waals surface area contributed by atoms with Crippen LogP contribution in [-0.2, 0) is 10.2 Å². The molecule has 0 saturated heterocycles. The van der Waals surface area contributed by atoms with Gasteiger partial charge in [0.25, 0.3) is 0 Å². The third-order valence-electron chi connectivity index (χ3n) is 4.23. The average molecular weight is 283 g/mol. The summed E-state index contributed by atoms with van der Waals surface area (Å²) in [4.78, 5) is 11.2. The van der Waals surface area contributed by atoms with Crippen molar-refractivity contribution < 1.29 is 9.90 Å². The highest BCUT2D eigenvalue weighted by Gasteiger charge is 2.62. The van der Waals surface area contributed by atoms with Crippen LogP contribution >= 0.6 is 12.4 Å². The van der Waals surface area contributed by atoms with Crippen LogP contribution in [-0.4, -0.2) is 11.1 Å². The molecule has 3 heteroatoms. The van der Waals surface area contributed by atoms with Crippen molar-refractivity contribution in [1.29, 1.82) is 0 Å². The van der Waals surface area contributed by atoms with Crippen molar-refractivity contribution in [1.82, 2.24) is 0 Å². The molecule has 2 unspecified atom stereocenters. The van der Waals surface area contributed by atoms with Gasteiger partial charge in [0.15, 0.2) is 0 Å². The molecule has 1 N–H and O–H groups in total. The number of carboxylic acids is 1. The predicted octanol–water partition coefficient (Wildman–Crippen LogP) is 4.23. The number of hydrogen-bond donors (Lipinski definition) is 1. The van der Waals surface area contributed by atoms with Gasteiger partial charge in [-0.25, -0.2) is 0 Å². The summed E-state index contributed by atoms with van der Waals surface area (Å²) < 4.78 is 0. The van der Waals surface area contributed by atoms with E-state index in [0.29, 0.717) is 0 Å². The molecule has 1 aliphatic rings. The van der Waals surface area contributed by atoms with Gasteiger partial charge in [-0.1, -0.05) is 58.9 Å². The van der Waals surface area contributed by atoms with Crippen molar-refractivity contribution in [2.75, 3.05) is 0 Å². The van der Waals surface area contributed by atoms with Crippen molar-refractivity contribution in [2.24, 2.45) is 11.3 Å². The number of halogens is 1. The molecule has 0 aliphatic heterocycles. The molecule has 0 radical (unpaired) electrons. The molecule has 2 nitrogen and oxygen atoms in total. The fourth-order valence-electron chi connectivity index (χ4n) is 2.91. The molecule has 1 aromatic carbocycles. The molecule has 0 aromatic heterocycles. The number of carbonyl (C=O) groups is 1. The monoisotopic (exact) mass is 282 g/mol. The van der Waals surface area contributed by atoms with Gasteiger partial charge in [0.2, 0.25) is 0 Å². The molecule has 0 amide bonds. The molecule has 1 aromatic rings. The van der Waals surface area contributed by atoms with Crippen LogP contribution in [0, 0.1) is 11.3 Å². The second-order valence-corrected chi connectivity index (χ2v) is 6.99. The maximum Gasteiger partial charge on any atom is 0.307 e. The summed E-state index contributed by atoms with van der Waals surface area (Å²) in [5, 5.41) is 9.20. The minimum absolute atomic E-state index is 0. The summed E-state index contributed by atoms with van der Waals surface area (Å²) in [7, 11) is 0. The molecule has 0 spiro atoms. The van der Waals surface area contributed by atoms with Crippen LogP contribution in [0.1, 0.15) is 51.7 Å². The summed E-state index contributed by atoms with van der Waals surface area (Å²) in [6.07, 6.45) is 0. The van der Waals surface area contributed by atoms with Gasteiger partial charge in [-0.05, 0) is 22.0 Å². The SMILES string of the molecule is CC(C)(C)c1ccc(C2C(C(=O)O)C2(C)C)cc1.Cl. The Balaban J connectivity index is 0.00000180. The summed E-state index contributed by atoms with van der Waals surface area (Å²) in [5.41, 5.74) is 2.47. The van der Waals surface area contributed by atoms with Crippen LogP contribution in [0.25, 0.3) is 0 Å². The highest BCUT2D eigenvalue weighted by atomic mass is 35.5. The van der Waals surface area contributed by atoms with Gasteiger partial charge in [-0.3, -0.25) is 4.79 Å². The fraction of sp³-hybridized carbons (Fsp3) is 0.562. The lowest BCUT2D eigenvalue weighted by Crippen LogP contribution is -2.10. The Morgan fingerprint density at radius 3 is 1.95 bits per heavy atom. The minimum Gasteiger partial charge on any atom is -0.481 e. The van der Waals surface area contributed by atoms with E-state index in [-0.39, 0.29) is 35.1 Å². The molecule has 2 rings (SSSR count). The van der Waals surface area contributed by atoms with Crippen molar-refractivity contribution in [3.63, 3.8) is 0 Å². The van der Waals surface area contributed by atoms with Crippen LogP contribution in [0.15, 0.2) is 24.3 Å². The topological polar surface area (TPSA) is 37.3 Å². The van der Waals surface area contributed by atoms with E-state index in [1.165, 1.54) is 5.56 Å². The highest BCUT2D eigenvalue weighted by Crippen LogP contribution is 2.64. The first kappa shape index (κ1) is 16.0. The summed E-state index contributed by atoms with van der Waals surface area (Å²) in [5.74, 6) is -0.757. The van der Waals surface area contributed by atoms with Crippen molar-refractivity contribution in [3.05, 3.63) is 35.4 Å². The van der Waals surface area contributed by atoms with E-state index in [1.54, 1.807) is 0 Å². The van der Waals surface area contributed by atoms with E-state index in [4.69, 9.17) is 0 Å². The van der Waals surface area contributed by atoms with E-state index in [9.17, 15) is 9.90 Å². The van der Waals surface area contributed by atoms with Crippen LogP contribution < -0.4 is 0 Å². The zero-order chi connectivity index (χ0) is 13.7. The van der Waals surface area contributed by atoms with Gasteiger partial charge < -0.3 is 5.11 Å². The highest BCUT2D eigenvalue weighted by molar-refractivity contribution is 5.85. The third kappa shape index (κ3) is 2.79. The van der Waals surface area contributed by atoms with Crippen molar-refractivity contribution >= 4 is 18.4 Å². The Morgan fingerprint density at radius 2 is 1.63 bits per heavy atom. The lowest BCUT2D eigenvalue weighted by molar-refractivity contribution is -0.139. The van der Waals surface area contributed by atoms with Crippen LogP contribution in [0.5, 0.6) is 0 Å². The molecule has 2 atom stereocenters. The Kier molecular flexibility index (Phi) is 4.07. The molecule has 1 fully saturated rings. The molecule has 1 saturated carbocycles. The number of carboxylic acid groups (broad SMARTS) is 1. The first-order valence-electron chi connectivity index (χ1n) is 6.49. The zero-order valence-corrected chi connectivity index (χ0v) is 13.0. The zero-order valence-electron chi connectivity index (χ0n) is 12.2. The van der Waals surface area contributed by atoms with E-state index in [2.05, 4.69) is 45.0 Å². The maximum atomic E-state index is 11.2. The van der Waals surface area contributed by atoms with E-state index in [1.807, 2.05) is 13.8 Å². The van der Waals surface area contributed by atoms with Crippen molar-refractivity contribution in [3.8, 4) is 0 Å². The van der Waals surface area contributed by atoms with Crippen LogP contribution in [0.3, 0.4) is 0 Å². The maximum absolute atomic E-state index is 11.2. The van der Waals surface area contributed by atoms with Crippen LogP contribution in [0.4, 0.5) is 0 Å².